The molecule has 0 radical (unpaired) electrons. The lowest BCUT2D eigenvalue weighted by Gasteiger charge is -2.31. The van der Waals surface area contributed by atoms with Crippen molar-refractivity contribution < 1.29 is 0 Å². The molecule has 0 saturated carbocycles. The predicted molar refractivity (Wildman–Crippen MR) is 78.2 cm³/mol. The molecule has 1 aromatic carbocycles. The summed E-state index contributed by atoms with van der Waals surface area (Å²) in [7, 11) is 0. The molecular weight excluding hydrogens is 238 g/mol. The smallest absolute Gasteiger partial charge is 0.00800 e. The van der Waals surface area contributed by atoms with E-state index in [0.29, 0.717) is 0 Å². The van der Waals surface area contributed by atoms with Crippen molar-refractivity contribution in [3.8, 4) is 0 Å². The third-order valence-electron chi connectivity index (χ3n) is 3.86. The molecule has 2 heteroatoms. The maximum atomic E-state index is 3.55. The van der Waals surface area contributed by atoms with Crippen molar-refractivity contribution in [2.75, 3.05) is 13.1 Å². The first-order valence-corrected chi connectivity index (χ1v) is 7.59. The van der Waals surface area contributed by atoms with Gasteiger partial charge in [0.1, 0.15) is 0 Å². The second-order valence-corrected chi connectivity index (χ2v) is 6.04. The molecule has 0 aliphatic carbocycles. The van der Waals surface area contributed by atoms with Crippen LogP contribution in [0.1, 0.15) is 22.8 Å². The molecule has 1 N–H and O–H groups in total. The third kappa shape index (κ3) is 2.65. The van der Waals surface area contributed by atoms with Crippen molar-refractivity contribution in [2.24, 2.45) is 5.92 Å². The second-order valence-electron chi connectivity index (χ2n) is 5.06. The molecule has 0 bridgehead atoms. The number of rotatable bonds is 3. The van der Waals surface area contributed by atoms with E-state index in [-0.39, 0.29) is 0 Å². The molecule has 2 atom stereocenters. The molecule has 1 fully saturated rings. The SMILES string of the molecule is c1ccc(CC2CNCCC2c2cccs2)cc1. The Kier molecular flexibility index (Phi) is 3.77. The number of piperidine rings is 1. The van der Waals surface area contributed by atoms with Crippen molar-refractivity contribution >= 4 is 11.3 Å². The summed E-state index contributed by atoms with van der Waals surface area (Å²) in [5.41, 5.74) is 1.47. The molecule has 0 spiro atoms. The van der Waals surface area contributed by atoms with Gasteiger partial charge in [0.05, 0.1) is 0 Å². The zero-order chi connectivity index (χ0) is 12.2. The van der Waals surface area contributed by atoms with Crippen LogP contribution in [0.25, 0.3) is 0 Å². The Morgan fingerprint density at radius 1 is 1.11 bits per heavy atom. The zero-order valence-electron chi connectivity index (χ0n) is 10.5. The fourth-order valence-corrected chi connectivity index (χ4v) is 3.89. The fraction of sp³-hybridized carbons (Fsp3) is 0.375. The van der Waals surface area contributed by atoms with Crippen LogP contribution < -0.4 is 5.32 Å². The Bertz CT molecular complexity index is 463. The molecular formula is C16H19NS. The average Bonchev–Trinajstić information content (AvgIpc) is 2.94. The van der Waals surface area contributed by atoms with Crippen LogP contribution in [0, 0.1) is 5.92 Å². The quantitative estimate of drug-likeness (QED) is 0.884. The van der Waals surface area contributed by atoms with Crippen LogP contribution in [0.4, 0.5) is 0 Å². The van der Waals surface area contributed by atoms with E-state index in [1.54, 1.807) is 4.88 Å². The van der Waals surface area contributed by atoms with Gasteiger partial charge < -0.3 is 5.32 Å². The van der Waals surface area contributed by atoms with E-state index < -0.39 is 0 Å². The molecule has 1 saturated heterocycles. The summed E-state index contributed by atoms with van der Waals surface area (Å²) in [6, 6.07) is 15.4. The van der Waals surface area contributed by atoms with Gasteiger partial charge in [0.15, 0.2) is 0 Å². The first-order valence-electron chi connectivity index (χ1n) is 6.71. The summed E-state index contributed by atoms with van der Waals surface area (Å²) in [4.78, 5) is 1.57. The van der Waals surface area contributed by atoms with Gasteiger partial charge in [0.2, 0.25) is 0 Å². The monoisotopic (exact) mass is 257 g/mol. The standard InChI is InChI=1S/C16H19NS/c1-2-5-13(6-3-1)11-14-12-17-9-8-15(14)16-7-4-10-18-16/h1-7,10,14-15,17H,8-9,11-12H2. The molecule has 2 unspecified atom stereocenters. The van der Waals surface area contributed by atoms with Crippen molar-refractivity contribution in [3.63, 3.8) is 0 Å². The molecule has 1 nitrogen and oxygen atoms in total. The molecule has 94 valence electrons. The van der Waals surface area contributed by atoms with E-state index in [4.69, 9.17) is 0 Å². The maximum Gasteiger partial charge on any atom is 0.00800 e. The van der Waals surface area contributed by atoms with Crippen molar-refractivity contribution in [3.05, 3.63) is 58.3 Å². The number of nitrogens with one attached hydrogen (secondary N) is 1. The van der Waals surface area contributed by atoms with Gasteiger partial charge in [0, 0.05) is 4.88 Å². The molecule has 1 aliphatic rings. The fourth-order valence-electron chi connectivity index (χ4n) is 2.93. The van der Waals surface area contributed by atoms with E-state index in [2.05, 4.69) is 53.2 Å². The highest BCUT2D eigenvalue weighted by Crippen LogP contribution is 2.34. The Labute approximate surface area is 113 Å². The van der Waals surface area contributed by atoms with Gasteiger partial charge in [-0.25, -0.2) is 0 Å². The molecule has 1 aliphatic heterocycles. The Hall–Kier alpha value is -1.12. The van der Waals surface area contributed by atoms with Gasteiger partial charge in [-0.1, -0.05) is 36.4 Å². The lowest BCUT2D eigenvalue weighted by molar-refractivity contribution is 0.327. The van der Waals surface area contributed by atoms with Gasteiger partial charge >= 0.3 is 0 Å². The number of hydrogen-bond donors (Lipinski definition) is 1. The minimum Gasteiger partial charge on any atom is -0.316 e. The Morgan fingerprint density at radius 2 is 2.00 bits per heavy atom. The summed E-state index contributed by atoms with van der Waals surface area (Å²) in [6.07, 6.45) is 2.47. The molecule has 3 rings (SSSR count). The molecule has 18 heavy (non-hydrogen) atoms. The summed E-state index contributed by atoms with van der Waals surface area (Å²) in [5, 5.41) is 5.76. The van der Waals surface area contributed by atoms with E-state index in [1.165, 1.54) is 18.4 Å². The van der Waals surface area contributed by atoms with E-state index in [1.807, 2.05) is 11.3 Å². The molecule has 2 heterocycles. The lowest BCUT2D eigenvalue weighted by atomic mass is 9.81. The van der Waals surface area contributed by atoms with Crippen LogP contribution in [0.15, 0.2) is 47.8 Å². The summed E-state index contributed by atoms with van der Waals surface area (Å²) >= 11 is 1.92. The first kappa shape index (κ1) is 11.9. The van der Waals surface area contributed by atoms with Crippen LogP contribution in [0.2, 0.25) is 0 Å². The minimum absolute atomic E-state index is 0.736. The normalized spacial score (nSPS) is 24.0. The Balaban J connectivity index is 1.76. The Morgan fingerprint density at radius 3 is 2.78 bits per heavy atom. The van der Waals surface area contributed by atoms with E-state index >= 15 is 0 Å². The molecule has 1 aromatic heterocycles. The summed E-state index contributed by atoms with van der Waals surface area (Å²) < 4.78 is 0. The van der Waals surface area contributed by atoms with Crippen LogP contribution in [0.3, 0.4) is 0 Å². The lowest BCUT2D eigenvalue weighted by Crippen LogP contribution is -2.36. The second kappa shape index (κ2) is 5.68. The van der Waals surface area contributed by atoms with Crippen LogP contribution in [-0.2, 0) is 6.42 Å². The van der Waals surface area contributed by atoms with Crippen molar-refractivity contribution in [2.45, 2.75) is 18.8 Å². The highest BCUT2D eigenvalue weighted by Gasteiger charge is 2.26. The third-order valence-corrected chi connectivity index (χ3v) is 4.86. The van der Waals surface area contributed by atoms with Gasteiger partial charge in [-0.15, -0.1) is 11.3 Å². The molecule has 2 aromatic rings. The van der Waals surface area contributed by atoms with Crippen molar-refractivity contribution in [1.29, 1.82) is 0 Å². The number of benzene rings is 1. The van der Waals surface area contributed by atoms with Gasteiger partial charge in [-0.2, -0.15) is 0 Å². The van der Waals surface area contributed by atoms with E-state index in [0.717, 1.165) is 24.9 Å². The van der Waals surface area contributed by atoms with Gasteiger partial charge in [0.25, 0.3) is 0 Å². The average molecular weight is 257 g/mol. The summed E-state index contributed by atoms with van der Waals surface area (Å²) in [6.45, 7) is 2.31. The van der Waals surface area contributed by atoms with Crippen LogP contribution in [0.5, 0.6) is 0 Å². The minimum atomic E-state index is 0.736. The first-order chi connectivity index (χ1) is 8.93. The highest BCUT2D eigenvalue weighted by atomic mass is 32.1. The summed E-state index contributed by atoms with van der Waals surface area (Å²) in [5.74, 6) is 1.48. The number of hydrogen-bond acceptors (Lipinski definition) is 2. The van der Waals surface area contributed by atoms with Crippen LogP contribution >= 0.6 is 11.3 Å². The van der Waals surface area contributed by atoms with Crippen LogP contribution in [-0.4, -0.2) is 13.1 Å². The molecule has 0 amide bonds. The zero-order valence-corrected chi connectivity index (χ0v) is 11.3. The highest BCUT2D eigenvalue weighted by molar-refractivity contribution is 7.10. The van der Waals surface area contributed by atoms with Gasteiger partial charge in [-0.3, -0.25) is 0 Å². The van der Waals surface area contributed by atoms with E-state index in [9.17, 15) is 0 Å². The largest absolute Gasteiger partial charge is 0.316 e. The van der Waals surface area contributed by atoms with Gasteiger partial charge in [-0.05, 0) is 54.8 Å². The topological polar surface area (TPSA) is 12.0 Å². The predicted octanol–water partition coefficient (Wildman–Crippen LogP) is 3.68. The van der Waals surface area contributed by atoms with Crippen molar-refractivity contribution in [1.82, 2.24) is 5.32 Å². The number of thiophene rings is 1. The maximum absolute atomic E-state index is 3.55.